The van der Waals surface area contributed by atoms with Crippen molar-refractivity contribution in [2.75, 3.05) is 45.8 Å². The summed E-state index contributed by atoms with van der Waals surface area (Å²) < 4.78 is 5.09. The molecule has 0 radical (unpaired) electrons. The standard InChI is InChI=1S/C56H65N9O5/c1-38(62-29-24-43(25-30-62)54(68)58-34-40-11-15-45-35-57-37-64(45)36-40)46-16-13-42(47-7-3-4-8-48(46)47)12-10-39-20-27-61(28-21-39)26-6-5-9-53(67)63-31-22-41(23-32-63)44-14-17-49-51(33-44)60(2)56(70)65(49)50-18-19-52(66)59-55(50)69/h3-4,7-8,11,13-17,33,35-39,41,43,50H,5-6,9,18-32,34H2,1-2H3,(H,58,68)(H,59,66,69). The van der Waals surface area contributed by atoms with Gasteiger partial charge in [0.05, 0.1) is 29.1 Å². The highest BCUT2D eigenvalue weighted by Crippen LogP contribution is 2.34. The maximum Gasteiger partial charge on any atom is 0.329 e. The number of piperidine rings is 4. The number of likely N-dealkylation sites (tertiary alicyclic amines) is 3. The number of unbranched alkanes of at least 4 members (excludes halogenated alkanes) is 1. The molecule has 14 nitrogen and oxygen atoms in total. The summed E-state index contributed by atoms with van der Waals surface area (Å²) in [7, 11) is 1.73. The molecule has 2 unspecified atom stereocenters. The Kier molecular flexibility index (Phi) is 14.0. The maximum atomic E-state index is 13.3. The second-order valence-electron chi connectivity index (χ2n) is 20.1. The van der Waals surface area contributed by atoms with E-state index in [2.05, 4.69) is 86.6 Å². The molecular formula is C56H65N9O5. The fourth-order valence-electron chi connectivity index (χ4n) is 11.5. The molecule has 3 aromatic carbocycles. The molecule has 4 amide bonds. The number of pyridine rings is 1. The molecule has 6 aromatic rings. The van der Waals surface area contributed by atoms with Gasteiger partial charge in [-0.2, -0.15) is 0 Å². The number of nitrogens with zero attached hydrogens (tertiary/aromatic N) is 7. The minimum atomic E-state index is -0.701. The zero-order chi connectivity index (χ0) is 48.3. The summed E-state index contributed by atoms with van der Waals surface area (Å²) in [4.78, 5) is 75.3. The van der Waals surface area contributed by atoms with Crippen molar-refractivity contribution in [3.63, 3.8) is 0 Å². The summed E-state index contributed by atoms with van der Waals surface area (Å²) in [5.74, 6) is 7.56. The molecular weight excluding hydrogens is 879 g/mol. The molecule has 364 valence electrons. The SMILES string of the molecule is CC(c1ccc(C#CC2CCN(CCCCC(=O)N3CCC(c4ccc5c(c4)n(C)c(=O)n5C4CCC(=O)NC4=O)CC3)CC2)c2ccccc12)N1CCC(C(=O)NCc2ccc3cncn3c2)CC1. The predicted octanol–water partition coefficient (Wildman–Crippen LogP) is 6.85. The molecule has 70 heavy (non-hydrogen) atoms. The van der Waals surface area contributed by atoms with Crippen LogP contribution in [-0.4, -0.2) is 103 Å². The van der Waals surface area contributed by atoms with Gasteiger partial charge in [-0.1, -0.05) is 54.3 Å². The summed E-state index contributed by atoms with van der Waals surface area (Å²) in [5, 5.41) is 8.00. The second-order valence-corrected chi connectivity index (χ2v) is 20.1. The van der Waals surface area contributed by atoms with Gasteiger partial charge < -0.3 is 19.5 Å². The van der Waals surface area contributed by atoms with Crippen LogP contribution >= 0.6 is 0 Å². The van der Waals surface area contributed by atoms with Crippen molar-refractivity contribution in [3.05, 3.63) is 118 Å². The Morgan fingerprint density at radius 1 is 0.843 bits per heavy atom. The van der Waals surface area contributed by atoms with E-state index >= 15 is 0 Å². The number of rotatable bonds is 12. The van der Waals surface area contributed by atoms with E-state index in [0.717, 1.165) is 125 Å². The smallest absolute Gasteiger partial charge is 0.329 e. The average Bonchev–Trinajstić information content (AvgIpc) is 3.96. The molecule has 2 atom stereocenters. The summed E-state index contributed by atoms with van der Waals surface area (Å²) in [5.41, 5.74) is 6.83. The molecule has 0 spiro atoms. The largest absolute Gasteiger partial charge is 0.352 e. The molecule has 10 rings (SSSR count). The minimum Gasteiger partial charge on any atom is -0.352 e. The van der Waals surface area contributed by atoms with E-state index < -0.39 is 11.9 Å². The van der Waals surface area contributed by atoms with Gasteiger partial charge in [-0.15, -0.1) is 0 Å². The van der Waals surface area contributed by atoms with E-state index in [0.29, 0.717) is 30.8 Å². The molecule has 0 aliphatic carbocycles. The molecule has 4 aliphatic rings. The summed E-state index contributed by atoms with van der Waals surface area (Å²) in [6, 6.07) is 22.8. The normalized spacial score (nSPS) is 19.6. The van der Waals surface area contributed by atoms with Crippen LogP contribution in [0.3, 0.4) is 0 Å². The highest BCUT2D eigenvalue weighted by molar-refractivity contribution is 6.00. The zero-order valence-corrected chi connectivity index (χ0v) is 40.6. The molecule has 4 saturated heterocycles. The first kappa shape index (κ1) is 47.1. The van der Waals surface area contributed by atoms with Gasteiger partial charge in [0.25, 0.3) is 0 Å². The van der Waals surface area contributed by atoms with Crippen molar-refractivity contribution in [1.82, 2.24) is 43.9 Å². The van der Waals surface area contributed by atoms with Crippen molar-refractivity contribution in [1.29, 1.82) is 0 Å². The first-order chi connectivity index (χ1) is 34.1. The third-order valence-electron chi connectivity index (χ3n) is 15.9. The number of carbonyl (C=O) groups is 4. The lowest BCUT2D eigenvalue weighted by molar-refractivity contribution is -0.136. The summed E-state index contributed by atoms with van der Waals surface area (Å²) >= 11 is 0. The van der Waals surface area contributed by atoms with E-state index in [9.17, 15) is 24.0 Å². The third-order valence-corrected chi connectivity index (χ3v) is 15.9. The van der Waals surface area contributed by atoms with Crippen molar-refractivity contribution in [2.24, 2.45) is 18.9 Å². The number of imidazole rings is 2. The Morgan fingerprint density at radius 2 is 1.63 bits per heavy atom. The van der Waals surface area contributed by atoms with Gasteiger partial charge in [-0.05, 0) is 155 Å². The van der Waals surface area contributed by atoms with Gasteiger partial charge in [0, 0.05) is 69.2 Å². The van der Waals surface area contributed by atoms with Gasteiger partial charge in [-0.3, -0.25) is 38.5 Å². The van der Waals surface area contributed by atoms with E-state index in [1.165, 1.54) is 20.9 Å². The Morgan fingerprint density at radius 3 is 2.41 bits per heavy atom. The van der Waals surface area contributed by atoms with Gasteiger partial charge in [0.15, 0.2) is 0 Å². The number of imide groups is 1. The Labute approximate surface area is 409 Å². The lowest BCUT2D eigenvalue weighted by Gasteiger charge is -2.36. The second kappa shape index (κ2) is 20.8. The zero-order valence-electron chi connectivity index (χ0n) is 40.6. The topological polar surface area (TPSA) is 146 Å². The van der Waals surface area contributed by atoms with E-state index in [1.54, 1.807) is 17.9 Å². The molecule has 2 N–H and O–H groups in total. The number of aryl methyl sites for hydroxylation is 1. The van der Waals surface area contributed by atoms with E-state index in [1.807, 2.05) is 46.0 Å². The maximum absolute atomic E-state index is 13.3. The van der Waals surface area contributed by atoms with Crippen LogP contribution in [-0.2, 0) is 32.8 Å². The molecule has 0 bridgehead atoms. The Balaban J connectivity index is 0.645. The molecule has 7 heterocycles. The fraction of sp³-hybridized carbons (Fsp3) is 0.464. The van der Waals surface area contributed by atoms with Crippen molar-refractivity contribution >= 4 is 51.0 Å². The number of fused-ring (bicyclic) bond motifs is 3. The number of hydrogen-bond donors (Lipinski definition) is 2. The fourth-order valence-corrected chi connectivity index (χ4v) is 11.5. The van der Waals surface area contributed by atoms with E-state index in [4.69, 9.17) is 0 Å². The summed E-state index contributed by atoms with van der Waals surface area (Å²) in [6.45, 7) is 9.08. The number of amides is 4. The predicted molar refractivity (Wildman–Crippen MR) is 271 cm³/mol. The number of benzene rings is 3. The first-order valence-electron chi connectivity index (χ1n) is 25.6. The molecule has 0 saturated carbocycles. The Hall–Kier alpha value is -6.56. The van der Waals surface area contributed by atoms with Crippen LogP contribution in [0.1, 0.15) is 118 Å². The van der Waals surface area contributed by atoms with Gasteiger partial charge in [0.1, 0.15) is 6.04 Å². The highest BCUT2D eigenvalue weighted by Gasteiger charge is 2.33. The molecule has 14 heteroatoms. The minimum absolute atomic E-state index is 0.0221. The number of nitrogens with one attached hydrogen (secondary N) is 2. The van der Waals surface area contributed by atoms with Gasteiger partial charge in [-0.25, -0.2) is 9.78 Å². The monoisotopic (exact) mass is 944 g/mol. The number of aromatic nitrogens is 4. The van der Waals surface area contributed by atoms with Crippen LogP contribution < -0.4 is 16.3 Å². The molecule has 4 fully saturated rings. The number of carbonyl (C=O) groups excluding carboxylic acids is 4. The van der Waals surface area contributed by atoms with Crippen molar-refractivity contribution < 1.29 is 19.2 Å². The highest BCUT2D eigenvalue weighted by atomic mass is 16.2. The van der Waals surface area contributed by atoms with Crippen LogP contribution in [0.15, 0.2) is 90.2 Å². The lowest BCUT2D eigenvalue weighted by Crippen LogP contribution is -2.44. The number of hydrogen-bond acceptors (Lipinski definition) is 8. The molecule has 4 aliphatic heterocycles. The van der Waals surface area contributed by atoms with Crippen LogP contribution in [0.4, 0.5) is 0 Å². The van der Waals surface area contributed by atoms with Gasteiger partial charge >= 0.3 is 5.69 Å². The average molecular weight is 944 g/mol. The summed E-state index contributed by atoms with van der Waals surface area (Å²) in [6.07, 6.45) is 14.2. The van der Waals surface area contributed by atoms with Crippen molar-refractivity contribution in [2.45, 2.75) is 102 Å². The van der Waals surface area contributed by atoms with Crippen LogP contribution in [0.5, 0.6) is 0 Å². The Bertz CT molecular complexity index is 3040. The lowest BCUT2D eigenvalue weighted by atomic mass is 9.89. The first-order valence-corrected chi connectivity index (χ1v) is 25.6. The van der Waals surface area contributed by atoms with Crippen molar-refractivity contribution in [3.8, 4) is 11.8 Å². The molecule has 3 aromatic heterocycles. The van der Waals surface area contributed by atoms with E-state index in [-0.39, 0.29) is 47.7 Å². The van der Waals surface area contributed by atoms with Gasteiger partial charge in [0.2, 0.25) is 23.6 Å². The van der Waals surface area contributed by atoms with Crippen LogP contribution in [0, 0.1) is 23.7 Å². The quantitative estimate of drug-likeness (QED) is 0.0771. The third kappa shape index (κ3) is 10.1. The van der Waals surface area contributed by atoms with Crippen LogP contribution in [0.25, 0.3) is 27.3 Å². The van der Waals surface area contributed by atoms with Crippen LogP contribution in [0.2, 0.25) is 0 Å².